The molecule has 8 aromatic rings. The Morgan fingerprint density at radius 1 is 0.595 bits per heavy atom. The Balaban J connectivity index is 0.00000231. The second kappa shape index (κ2) is 8.41. The van der Waals surface area contributed by atoms with Crippen molar-refractivity contribution in [3.05, 3.63) is 128 Å². The summed E-state index contributed by atoms with van der Waals surface area (Å²) < 4.78 is 4.40. The van der Waals surface area contributed by atoms with Crippen LogP contribution >= 0.6 is 0 Å². The molecule has 0 N–H and O–H groups in total. The second-order valence-corrected chi connectivity index (χ2v) is 9.22. The van der Waals surface area contributed by atoms with E-state index in [9.17, 15) is 0 Å². The number of para-hydroxylation sites is 3. The van der Waals surface area contributed by atoms with E-state index in [0.29, 0.717) is 0 Å². The molecule has 0 amide bonds. The van der Waals surface area contributed by atoms with E-state index in [1.165, 1.54) is 32.6 Å². The molecule has 8 rings (SSSR count). The fourth-order valence-corrected chi connectivity index (χ4v) is 5.75. The first-order valence-electron chi connectivity index (χ1n) is 12.2. The molecule has 0 saturated heterocycles. The van der Waals surface area contributed by atoms with Gasteiger partial charge in [0.15, 0.2) is 0 Å². The Morgan fingerprint density at radius 2 is 1.24 bits per heavy atom. The van der Waals surface area contributed by atoms with Gasteiger partial charge in [-0.25, -0.2) is 0 Å². The van der Waals surface area contributed by atoms with E-state index in [-0.39, 0.29) is 20.1 Å². The zero-order valence-electron chi connectivity index (χ0n) is 19.7. The third-order valence-electron chi connectivity index (χ3n) is 7.28. The zero-order chi connectivity index (χ0) is 23.6. The van der Waals surface area contributed by atoms with Crippen LogP contribution in [0.1, 0.15) is 0 Å². The van der Waals surface area contributed by atoms with Gasteiger partial charge in [-0.1, -0.05) is 78.2 Å². The average Bonchev–Trinajstić information content (AvgIpc) is 3.54. The van der Waals surface area contributed by atoms with E-state index in [1.54, 1.807) is 0 Å². The fourth-order valence-electron chi connectivity index (χ4n) is 5.75. The van der Waals surface area contributed by atoms with Crippen molar-refractivity contribution < 1.29 is 20.1 Å². The van der Waals surface area contributed by atoms with E-state index in [2.05, 4.69) is 114 Å². The molecule has 37 heavy (non-hydrogen) atoms. The first-order chi connectivity index (χ1) is 17.9. The fraction of sp³-hybridized carbons (Fsp3) is 0. The molecule has 0 aliphatic rings. The molecule has 0 atom stereocenters. The van der Waals surface area contributed by atoms with Crippen LogP contribution in [-0.4, -0.2) is 14.2 Å². The predicted octanol–water partition coefficient (Wildman–Crippen LogP) is 8.20. The van der Waals surface area contributed by atoms with Crippen molar-refractivity contribution in [1.29, 1.82) is 0 Å². The Hall–Kier alpha value is -4.24. The summed E-state index contributed by atoms with van der Waals surface area (Å²) in [6.45, 7) is 0. The van der Waals surface area contributed by atoms with Gasteiger partial charge in [-0.05, 0) is 40.7 Å². The zero-order valence-corrected chi connectivity index (χ0v) is 22.1. The first kappa shape index (κ1) is 22.0. The van der Waals surface area contributed by atoms with Gasteiger partial charge in [0.05, 0.1) is 22.7 Å². The molecule has 3 nitrogen and oxygen atoms in total. The Morgan fingerprint density at radius 3 is 2.00 bits per heavy atom. The minimum Gasteiger partial charge on any atom is -0.309 e. The van der Waals surface area contributed by atoms with Crippen molar-refractivity contribution in [3.8, 4) is 16.8 Å². The molecule has 0 unspecified atom stereocenters. The third kappa shape index (κ3) is 3.13. The Kier molecular flexibility index (Phi) is 5.00. The van der Waals surface area contributed by atoms with E-state index >= 15 is 0 Å². The van der Waals surface area contributed by atoms with Gasteiger partial charge < -0.3 is 4.57 Å². The molecule has 4 heteroatoms. The van der Waals surface area contributed by atoms with Crippen LogP contribution in [0.4, 0.5) is 0 Å². The maximum Gasteiger partial charge on any atom is 0.0790 e. The summed E-state index contributed by atoms with van der Waals surface area (Å²) in [5, 5.41) is 11.0. The van der Waals surface area contributed by atoms with Crippen molar-refractivity contribution in [2.75, 3.05) is 0 Å². The van der Waals surface area contributed by atoms with Crippen LogP contribution in [0.25, 0.3) is 65.8 Å². The standard InChI is InChI=1S/C33H20N3.Ir/c1-2-16-28-24(12-1)25-13-5-8-19-32(25)36-33(28)29(21-34-36)22-10-9-11-23(20-22)35-30-17-6-3-14-26(30)27-15-4-7-18-31(27)35;/h1-18,20-21H;/q-1;. The van der Waals surface area contributed by atoms with Crippen LogP contribution in [0.15, 0.2) is 121 Å². The van der Waals surface area contributed by atoms with Gasteiger partial charge in [-0.15, -0.1) is 5.39 Å². The molecule has 3 heterocycles. The smallest absolute Gasteiger partial charge is 0.0790 e. The molecular weight excluding hydrogens is 631 g/mol. The van der Waals surface area contributed by atoms with Crippen molar-refractivity contribution in [1.82, 2.24) is 14.2 Å². The molecule has 0 bridgehead atoms. The van der Waals surface area contributed by atoms with Crippen molar-refractivity contribution in [2.45, 2.75) is 0 Å². The van der Waals surface area contributed by atoms with Gasteiger partial charge in [0.1, 0.15) is 0 Å². The van der Waals surface area contributed by atoms with Crippen LogP contribution in [0.2, 0.25) is 0 Å². The number of rotatable bonds is 2. The summed E-state index contributed by atoms with van der Waals surface area (Å²) >= 11 is 0. The van der Waals surface area contributed by atoms with Gasteiger partial charge in [0, 0.05) is 42.1 Å². The molecule has 177 valence electrons. The number of fused-ring (bicyclic) bond motifs is 9. The monoisotopic (exact) mass is 651 g/mol. The van der Waals surface area contributed by atoms with E-state index in [4.69, 9.17) is 5.10 Å². The number of benzene rings is 5. The minimum atomic E-state index is 0. The number of nitrogens with zero attached hydrogens (tertiary/aromatic N) is 3. The van der Waals surface area contributed by atoms with Gasteiger partial charge in [0.2, 0.25) is 0 Å². The van der Waals surface area contributed by atoms with E-state index < -0.39 is 0 Å². The maximum absolute atomic E-state index is 4.84. The first-order valence-corrected chi connectivity index (χ1v) is 12.2. The molecule has 0 fully saturated rings. The number of pyridine rings is 1. The molecule has 5 aromatic carbocycles. The molecule has 3 aromatic heterocycles. The van der Waals surface area contributed by atoms with Gasteiger partial charge in [0.25, 0.3) is 0 Å². The topological polar surface area (TPSA) is 22.2 Å². The van der Waals surface area contributed by atoms with E-state index in [1.807, 2.05) is 22.8 Å². The minimum absolute atomic E-state index is 0. The molecule has 0 saturated carbocycles. The van der Waals surface area contributed by atoms with Gasteiger partial charge >= 0.3 is 0 Å². The quantitative estimate of drug-likeness (QED) is 0.137. The van der Waals surface area contributed by atoms with Crippen LogP contribution < -0.4 is 0 Å². The summed E-state index contributed by atoms with van der Waals surface area (Å²) in [5.74, 6) is 0. The number of aromatic nitrogens is 3. The molecule has 1 radical (unpaired) electrons. The Labute approximate surface area is 226 Å². The van der Waals surface area contributed by atoms with Crippen molar-refractivity contribution >= 4 is 49.0 Å². The van der Waals surface area contributed by atoms with E-state index in [0.717, 1.165) is 33.2 Å². The van der Waals surface area contributed by atoms with Crippen LogP contribution in [-0.2, 0) is 20.1 Å². The largest absolute Gasteiger partial charge is 0.309 e. The van der Waals surface area contributed by atoms with Crippen molar-refractivity contribution in [2.24, 2.45) is 0 Å². The van der Waals surface area contributed by atoms with Crippen LogP contribution in [0, 0.1) is 6.07 Å². The number of hydrogen-bond acceptors (Lipinski definition) is 1. The van der Waals surface area contributed by atoms with Gasteiger partial charge in [-0.2, -0.15) is 29.4 Å². The van der Waals surface area contributed by atoms with Crippen LogP contribution in [0.3, 0.4) is 0 Å². The predicted molar refractivity (Wildman–Crippen MR) is 149 cm³/mol. The molecular formula is C33H20IrN3-. The maximum atomic E-state index is 4.84. The SMILES string of the molecule is [Ir].[c-]1cccc2c3ccccc3c3c(-c4cccc(-n5c6ccccc6c6ccccc65)c4)cnn3c12. The van der Waals surface area contributed by atoms with Crippen LogP contribution in [0.5, 0.6) is 0 Å². The third-order valence-corrected chi connectivity index (χ3v) is 7.28. The normalized spacial score (nSPS) is 11.6. The summed E-state index contributed by atoms with van der Waals surface area (Å²) in [4.78, 5) is 0. The molecule has 0 aliphatic carbocycles. The summed E-state index contributed by atoms with van der Waals surface area (Å²) in [7, 11) is 0. The summed E-state index contributed by atoms with van der Waals surface area (Å²) in [5.41, 5.74) is 7.93. The number of hydrogen-bond donors (Lipinski definition) is 0. The second-order valence-electron chi connectivity index (χ2n) is 9.22. The van der Waals surface area contributed by atoms with Gasteiger partial charge in [-0.3, -0.25) is 4.52 Å². The summed E-state index contributed by atoms with van der Waals surface area (Å²) in [6, 6.07) is 44.2. The molecule has 0 spiro atoms. The van der Waals surface area contributed by atoms with Crippen molar-refractivity contribution in [3.63, 3.8) is 0 Å². The Bertz CT molecular complexity index is 2060. The molecule has 0 aliphatic heterocycles. The average molecular weight is 651 g/mol. The summed E-state index contributed by atoms with van der Waals surface area (Å²) in [6.07, 6.45) is 1.99.